The molecule has 228 valence electrons. The third-order valence-corrected chi connectivity index (χ3v) is 8.75. The van der Waals surface area contributed by atoms with E-state index in [0.717, 1.165) is 49.9 Å². The fraction of sp³-hybridized carbons (Fsp3) is 0.415. The van der Waals surface area contributed by atoms with Gasteiger partial charge in [0.2, 0.25) is 0 Å². The number of rotatable bonds is 18. The van der Waals surface area contributed by atoms with E-state index in [1.54, 1.807) is 0 Å². The van der Waals surface area contributed by atoms with Crippen LogP contribution in [0.4, 0.5) is 11.4 Å². The zero-order valence-corrected chi connectivity index (χ0v) is 26.8. The lowest BCUT2D eigenvalue weighted by atomic mass is 9.98. The highest BCUT2D eigenvalue weighted by Gasteiger charge is 2.05. The molecule has 4 aromatic rings. The molecule has 0 aliphatic heterocycles. The number of aryl methyl sites for hydroxylation is 4. The highest BCUT2D eigenvalue weighted by molar-refractivity contribution is 5.50. The standard InChI is InChI=1S/C41H54N2/c1-3-12-38-30-36(24-26-40(38)42)28-34-20-16-32(17-21-34)14-10-8-6-5-7-9-11-15-33-18-22-35(23-19-33)29-37-25-27-41(43)39(31-37)13-4-2/h16-27,30-31H,3-15,28-29,42-43H2,1-2H3. The second kappa shape index (κ2) is 17.6. The van der Waals surface area contributed by atoms with Crippen LogP contribution in [0.3, 0.4) is 0 Å². The number of hydrogen-bond donors (Lipinski definition) is 2. The summed E-state index contributed by atoms with van der Waals surface area (Å²) in [6.07, 6.45) is 18.0. The minimum absolute atomic E-state index is 0.925. The Bertz CT molecular complexity index is 1260. The maximum absolute atomic E-state index is 6.14. The molecule has 0 heterocycles. The van der Waals surface area contributed by atoms with Crippen LogP contribution < -0.4 is 11.5 Å². The summed E-state index contributed by atoms with van der Waals surface area (Å²) in [5.41, 5.74) is 25.1. The van der Waals surface area contributed by atoms with Crippen LogP contribution in [0.5, 0.6) is 0 Å². The summed E-state index contributed by atoms with van der Waals surface area (Å²) < 4.78 is 0. The molecule has 4 N–H and O–H groups in total. The van der Waals surface area contributed by atoms with Crippen LogP contribution in [0.25, 0.3) is 0 Å². The SMILES string of the molecule is CCCc1cc(Cc2ccc(CCCCCCCCCc3ccc(Cc4ccc(N)c(CCC)c4)cc3)cc2)ccc1N. The molecular formula is C41H54N2. The Hall–Kier alpha value is -3.52. The van der Waals surface area contributed by atoms with Gasteiger partial charge in [-0.1, -0.05) is 132 Å². The van der Waals surface area contributed by atoms with Gasteiger partial charge in [0.15, 0.2) is 0 Å². The largest absolute Gasteiger partial charge is 0.399 e. The van der Waals surface area contributed by atoms with E-state index in [-0.39, 0.29) is 0 Å². The van der Waals surface area contributed by atoms with E-state index >= 15 is 0 Å². The molecule has 0 saturated heterocycles. The molecule has 0 aliphatic carbocycles. The Morgan fingerprint density at radius 3 is 1.07 bits per heavy atom. The Balaban J connectivity index is 1.05. The van der Waals surface area contributed by atoms with Gasteiger partial charge in [-0.05, 0) is 108 Å². The topological polar surface area (TPSA) is 52.0 Å². The molecule has 43 heavy (non-hydrogen) atoms. The van der Waals surface area contributed by atoms with Crippen LogP contribution in [-0.4, -0.2) is 0 Å². The Kier molecular flexibility index (Phi) is 13.2. The van der Waals surface area contributed by atoms with Crippen molar-refractivity contribution in [3.8, 4) is 0 Å². The number of anilines is 2. The first-order valence-corrected chi connectivity index (χ1v) is 16.9. The summed E-state index contributed by atoms with van der Waals surface area (Å²) in [6.45, 7) is 4.42. The molecule has 0 aliphatic rings. The van der Waals surface area contributed by atoms with E-state index in [9.17, 15) is 0 Å². The normalized spacial score (nSPS) is 11.2. The van der Waals surface area contributed by atoms with Crippen LogP contribution >= 0.6 is 0 Å². The number of nitrogen functional groups attached to an aromatic ring is 2. The first kappa shape index (κ1) is 32.4. The second-order valence-electron chi connectivity index (χ2n) is 12.5. The average Bonchev–Trinajstić information content (AvgIpc) is 3.01. The first-order chi connectivity index (χ1) is 21.0. The van der Waals surface area contributed by atoms with Crippen molar-refractivity contribution in [3.63, 3.8) is 0 Å². The molecule has 0 fully saturated rings. The predicted octanol–water partition coefficient (Wildman–Crippen LogP) is 10.5. The molecule has 2 nitrogen and oxygen atoms in total. The van der Waals surface area contributed by atoms with Gasteiger partial charge in [0.25, 0.3) is 0 Å². The van der Waals surface area contributed by atoms with Crippen molar-refractivity contribution in [2.75, 3.05) is 11.5 Å². The van der Waals surface area contributed by atoms with Gasteiger partial charge in [-0.3, -0.25) is 0 Å². The van der Waals surface area contributed by atoms with Crippen molar-refractivity contribution < 1.29 is 0 Å². The quantitative estimate of drug-likeness (QED) is 0.0917. The monoisotopic (exact) mass is 574 g/mol. The molecular weight excluding hydrogens is 520 g/mol. The number of hydrogen-bond acceptors (Lipinski definition) is 2. The van der Waals surface area contributed by atoms with Gasteiger partial charge in [0, 0.05) is 11.4 Å². The van der Waals surface area contributed by atoms with Crippen LogP contribution in [-0.2, 0) is 38.5 Å². The van der Waals surface area contributed by atoms with Crippen LogP contribution in [0, 0.1) is 0 Å². The third-order valence-electron chi connectivity index (χ3n) is 8.75. The molecule has 2 heteroatoms. The van der Waals surface area contributed by atoms with E-state index in [2.05, 4.69) is 98.8 Å². The zero-order chi connectivity index (χ0) is 30.3. The number of nitrogens with two attached hydrogens (primary N) is 2. The fourth-order valence-electron chi connectivity index (χ4n) is 6.17. The van der Waals surface area contributed by atoms with Crippen LogP contribution in [0.2, 0.25) is 0 Å². The maximum atomic E-state index is 6.14. The van der Waals surface area contributed by atoms with Crippen molar-refractivity contribution in [1.82, 2.24) is 0 Å². The van der Waals surface area contributed by atoms with Crippen LogP contribution in [0.1, 0.15) is 116 Å². The van der Waals surface area contributed by atoms with Gasteiger partial charge < -0.3 is 11.5 Å². The summed E-state index contributed by atoms with van der Waals surface area (Å²) >= 11 is 0. The van der Waals surface area contributed by atoms with E-state index in [1.165, 1.54) is 102 Å². The molecule has 0 aromatic heterocycles. The summed E-state index contributed by atoms with van der Waals surface area (Å²) in [5.74, 6) is 0. The molecule has 4 rings (SSSR count). The van der Waals surface area contributed by atoms with Gasteiger partial charge in [-0.15, -0.1) is 0 Å². The van der Waals surface area contributed by atoms with E-state index < -0.39 is 0 Å². The van der Waals surface area contributed by atoms with Crippen molar-refractivity contribution in [3.05, 3.63) is 129 Å². The van der Waals surface area contributed by atoms with Crippen LogP contribution in [0.15, 0.2) is 84.9 Å². The van der Waals surface area contributed by atoms with Crippen molar-refractivity contribution in [1.29, 1.82) is 0 Å². The summed E-state index contributed by atoms with van der Waals surface area (Å²) in [6, 6.07) is 31.6. The molecule has 0 bridgehead atoms. The van der Waals surface area contributed by atoms with Crippen molar-refractivity contribution in [2.24, 2.45) is 0 Å². The van der Waals surface area contributed by atoms with Crippen molar-refractivity contribution >= 4 is 11.4 Å². The maximum Gasteiger partial charge on any atom is 0.0346 e. The molecule has 0 unspecified atom stereocenters. The Morgan fingerprint density at radius 2 is 0.698 bits per heavy atom. The minimum atomic E-state index is 0.925. The summed E-state index contributed by atoms with van der Waals surface area (Å²) in [4.78, 5) is 0. The summed E-state index contributed by atoms with van der Waals surface area (Å²) in [7, 11) is 0. The van der Waals surface area contributed by atoms with E-state index in [1.807, 2.05) is 0 Å². The van der Waals surface area contributed by atoms with Crippen molar-refractivity contribution in [2.45, 2.75) is 110 Å². The zero-order valence-electron chi connectivity index (χ0n) is 26.8. The molecule has 4 aromatic carbocycles. The van der Waals surface area contributed by atoms with Gasteiger partial charge in [0.1, 0.15) is 0 Å². The second-order valence-corrected chi connectivity index (χ2v) is 12.5. The summed E-state index contributed by atoms with van der Waals surface area (Å²) in [5, 5.41) is 0. The lowest BCUT2D eigenvalue weighted by molar-refractivity contribution is 0.579. The van der Waals surface area contributed by atoms with Gasteiger partial charge in [-0.2, -0.15) is 0 Å². The smallest absolute Gasteiger partial charge is 0.0346 e. The lowest BCUT2D eigenvalue weighted by Gasteiger charge is -2.09. The minimum Gasteiger partial charge on any atom is -0.399 e. The number of benzene rings is 4. The predicted molar refractivity (Wildman–Crippen MR) is 188 cm³/mol. The van der Waals surface area contributed by atoms with E-state index in [4.69, 9.17) is 11.5 Å². The van der Waals surface area contributed by atoms with Gasteiger partial charge >= 0.3 is 0 Å². The van der Waals surface area contributed by atoms with Gasteiger partial charge in [0.05, 0.1) is 0 Å². The third kappa shape index (κ3) is 10.9. The first-order valence-electron chi connectivity index (χ1n) is 16.9. The molecule has 0 atom stereocenters. The molecule has 0 radical (unpaired) electrons. The number of unbranched alkanes of at least 4 members (excludes halogenated alkanes) is 6. The lowest BCUT2D eigenvalue weighted by Crippen LogP contribution is -1.97. The average molecular weight is 575 g/mol. The molecule has 0 spiro atoms. The fourth-order valence-corrected chi connectivity index (χ4v) is 6.17. The molecule has 0 amide bonds. The van der Waals surface area contributed by atoms with Gasteiger partial charge in [-0.25, -0.2) is 0 Å². The van der Waals surface area contributed by atoms with E-state index in [0.29, 0.717) is 0 Å². The Morgan fingerprint density at radius 1 is 0.372 bits per heavy atom. The Labute approximate surface area is 261 Å². The molecule has 0 saturated carbocycles. The highest BCUT2D eigenvalue weighted by atomic mass is 14.6. The highest BCUT2D eigenvalue weighted by Crippen LogP contribution is 2.21.